The number of nitrogens with zero attached hydrogens (tertiary/aromatic N) is 1. The fraction of sp³-hybridized carbons (Fsp3) is 0.667. The standard InChI is InChI=1S/C15H24N2O3S/c1-12(13-4-3-9-21-13)10-16-14(18)17(2)11-15(19)5-7-20-8-6-15/h3-4,9,12,19H,5-8,10-11H2,1-2H3,(H,16,18)/t12-/m1/s1. The Labute approximate surface area is 129 Å². The molecule has 1 aliphatic rings. The minimum absolute atomic E-state index is 0.140. The Bertz CT molecular complexity index is 444. The lowest BCUT2D eigenvalue weighted by molar-refractivity contribution is -0.0722. The summed E-state index contributed by atoms with van der Waals surface area (Å²) >= 11 is 1.70. The van der Waals surface area contributed by atoms with E-state index >= 15 is 0 Å². The van der Waals surface area contributed by atoms with Crippen LogP contribution >= 0.6 is 11.3 Å². The maximum Gasteiger partial charge on any atom is 0.317 e. The molecule has 0 saturated carbocycles. The predicted molar refractivity (Wildman–Crippen MR) is 83.8 cm³/mol. The van der Waals surface area contributed by atoms with E-state index in [0.717, 1.165) is 0 Å². The molecule has 1 aromatic heterocycles. The van der Waals surface area contributed by atoms with Crippen LogP contribution in [-0.2, 0) is 4.74 Å². The van der Waals surface area contributed by atoms with Gasteiger partial charge >= 0.3 is 6.03 Å². The highest BCUT2D eigenvalue weighted by atomic mass is 32.1. The zero-order chi connectivity index (χ0) is 15.3. The topological polar surface area (TPSA) is 61.8 Å². The Morgan fingerprint density at radius 3 is 2.90 bits per heavy atom. The Balaban J connectivity index is 1.77. The number of likely N-dealkylation sites (N-methyl/N-ethyl adjacent to an activating group) is 1. The number of ether oxygens (including phenoxy) is 1. The van der Waals surface area contributed by atoms with E-state index in [1.807, 2.05) is 11.4 Å². The van der Waals surface area contributed by atoms with Gasteiger partial charge in [-0.3, -0.25) is 0 Å². The molecular formula is C15H24N2O3S. The molecule has 118 valence electrons. The molecule has 0 radical (unpaired) electrons. The van der Waals surface area contributed by atoms with Gasteiger partial charge in [0, 0.05) is 50.4 Å². The van der Waals surface area contributed by atoms with Crippen LogP contribution in [0.25, 0.3) is 0 Å². The van der Waals surface area contributed by atoms with Crippen LogP contribution < -0.4 is 5.32 Å². The van der Waals surface area contributed by atoms with Crippen LogP contribution in [0.5, 0.6) is 0 Å². The van der Waals surface area contributed by atoms with Crippen molar-refractivity contribution in [1.82, 2.24) is 10.2 Å². The molecule has 0 aliphatic carbocycles. The van der Waals surface area contributed by atoms with E-state index in [1.54, 1.807) is 23.3 Å². The van der Waals surface area contributed by atoms with Gasteiger partial charge in [0.1, 0.15) is 0 Å². The third-order valence-corrected chi connectivity index (χ3v) is 4.99. The molecule has 1 aliphatic heterocycles. The van der Waals surface area contributed by atoms with Gasteiger partial charge in [-0.2, -0.15) is 0 Å². The lowest BCUT2D eigenvalue weighted by Gasteiger charge is -2.35. The lowest BCUT2D eigenvalue weighted by Crippen LogP contribution is -2.50. The second-order valence-electron chi connectivity index (χ2n) is 5.80. The highest BCUT2D eigenvalue weighted by Crippen LogP contribution is 2.22. The molecule has 2 heterocycles. The van der Waals surface area contributed by atoms with Gasteiger partial charge in [-0.1, -0.05) is 13.0 Å². The predicted octanol–water partition coefficient (Wildman–Crippen LogP) is 2.03. The minimum atomic E-state index is -0.816. The third-order valence-electron chi connectivity index (χ3n) is 3.89. The van der Waals surface area contributed by atoms with Gasteiger partial charge in [0.2, 0.25) is 0 Å². The van der Waals surface area contributed by atoms with Crippen molar-refractivity contribution in [3.63, 3.8) is 0 Å². The average molecular weight is 312 g/mol. The number of thiophene rings is 1. The highest BCUT2D eigenvalue weighted by molar-refractivity contribution is 7.10. The Hall–Kier alpha value is -1.11. The highest BCUT2D eigenvalue weighted by Gasteiger charge is 2.32. The zero-order valence-electron chi connectivity index (χ0n) is 12.7. The quantitative estimate of drug-likeness (QED) is 0.874. The van der Waals surface area contributed by atoms with E-state index in [-0.39, 0.29) is 6.03 Å². The molecule has 1 aromatic rings. The maximum atomic E-state index is 12.1. The van der Waals surface area contributed by atoms with Crippen LogP contribution in [-0.4, -0.2) is 55.0 Å². The molecule has 2 N–H and O–H groups in total. The summed E-state index contributed by atoms with van der Waals surface area (Å²) in [6.45, 7) is 4.15. The van der Waals surface area contributed by atoms with Crippen molar-refractivity contribution in [1.29, 1.82) is 0 Å². The van der Waals surface area contributed by atoms with Crippen LogP contribution in [0, 0.1) is 0 Å². The molecule has 0 spiro atoms. The Kier molecular flexibility index (Phi) is 5.61. The molecular weight excluding hydrogens is 288 g/mol. The van der Waals surface area contributed by atoms with Gasteiger partial charge in [-0.05, 0) is 11.4 Å². The summed E-state index contributed by atoms with van der Waals surface area (Å²) in [4.78, 5) is 14.9. The monoisotopic (exact) mass is 312 g/mol. The second-order valence-corrected chi connectivity index (χ2v) is 6.77. The molecule has 1 saturated heterocycles. The van der Waals surface area contributed by atoms with E-state index in [9.17, 15) is 9.90 Å². The second kappa shape index (κ2) is 7.24. The van der Waals surface area contributed by atoms with Gasteiger partial charge in [0.25, 0.3) is 0 Å². The molecule has 0 aromatic carbocycles. The summed E-state index contributed by atoms with van der Waals surface area (Å²) < 4.78 is 5.25. The van der Waals surface area contributed by atoms with Gasteiger partial charge < -0.3 is 20.1 Å². The average Bonchev–Trinajstić information content (AvgIpc) is 2.98. The number of hydrogen-bond donors (Lipinski definition) is 2. The molecule has 21 heavy (non-hydrogen) atoms. The number of carbonyl (C=O) groups excluding carboxylic acids is 1. The number of aliphatic hydroxyl groups is 1. The van der Waals surface area contributed by atoms with Gasteiger partial charge in [0.05, 0.1) is 12.1 Å². The minimum Gasteiger partial charge on any atom is -0.388 e. The Morgan fingerprint density at radius 1 is 1.57 bits per heavy atom. The van der Waals surface area contributed by atoms with Crippen LogP contribution in [0.4, 0.5) is 4.79 Å². The molecule has 1 fully saturated rings. The smallest absolute Gasteiger partial charge is 0.317 e. The van der Waals surface area contributed by atoms with Crippen molar-refractivity contribution < 1.29 is 14.6 Å². The van der Waals surface area contributed by atoms with E-state index in [4.69, 9.17) is 4.74 Å². The van der Waals surface area contributed by atoms with Gasteiger partial charge in [-0.25, -0.2) is 4.79 Å². The Morgan fingerprint density at radius 2 is 2.29 bits per heavy atom. The van der Waals surface area contributed by atoms with Gasteiger partial charge in [-0.15, -0.1) is 11.3 Å². The first-order chi connectivity index (χ1) is 10.0. The summed E-state index contributed by atoms with van der Waals surface area (Å²) in [5.41, 5.74) is -0.816. The molecule has 2 rings (SSSR count). The SMILES string of the molecule is C[C@H](CNC(=O)N(C)CC1(O)CCOCC1)c1cccs1. The van der Waals surface area contributed by atoms with E-state index in [2.05, 4.69) is 18.3 Å². The number of hydrogen-bond acceptors (Lipinski definition) is 4. The number of urea groups is 1. The summed E-state index contributed by atoms with van der Waals surface area (Å²) in [7, 11) is 1.72. The van der Waals surface area contributed by atoms with E-state index < -0.39 is 5.60 Å². The number of rotatable bonds is 5. The summed E-state index contributed by atoms with van der Waals surface area (Å²) in [6, 6.07) is 3.96. The van der Waals surface area contributed by atoms with E-state index in [1.165, 1.54) is 4.88 Å². The van der Waals surface area contributed by atoms with Crippen molar-refractivity contribution in [2.75, 3.05) is 33.4 Å². The van der Waals surface area contributed by atoms with Crippen LogP contribution in [0.15, 0.2) is 17.5 Å². The van der Waals surface area contributed by atoms with Crippen LogP contribution in [0.2, 0.25) is 0 Å². The third kappa shape index (κ3) is 4.69. The van der Waals surface area contributed by atoms with Crippen molar-refractivity contribution in [2.45, 2.75) is 31.3 Å². The fourth-order valence-corrected chi connectivity index (χ4v) is 3.26. The fourth-order valence-electron chi connectivity index (χ4n) is 2.47. The van der Waals surface area contributed by atoms with Crippen LogP contribution in [0.3, 0.4) is 0 Å². The summed E-state index contributed by atoms with van der Waals surface area (Å²) in [6.07, 6.45) is 1.16. The van der Waals surface area contributed by atoms with Crippen molar-refractivity contribution in [2.24, 2.45) is 0 Å². The van der Waals surface area contributed by atoms with Crippen molar-refractivity contribution >= 4 is 17.4 Å². The molecule has 2 amide bonds. The first kappa shape index (κ1) is 16.3. The maximum absolute atomic E-state index is 12.1. The zero-order valence-corrected chi connectivity index (χ0v) is 13.5. The molecule has 5 nitrogen and oxygen atoms in total. The van der Waals surface area contributed by atoms with Crippen LogP contribution in [0.1, 0.15) is 30.6 Å². The van der Waals surface area contributed by atoms with Crippen molar-refractivity contribution in [3.8, 4) is 0 Å². The molecule has 1 atom stereocenters. The lowest BCUT2D eigenvalue weighted by atomic mass is 9.94. The molecule has 0 bridgehead atoms. The van der Waals surface area contributed by atoms with Gasteiger partial charge in [0.15, 0.2) is 0 Å². The first-order valence-corrected chi connectivity index (χ1v) is 8.21. The molecule has 6 heteroatoms. The molecule has 0 unspecified atom stereocenters. The first-order valence-electron chi connectivity index (χ1n) is 7.33. The summed E-state index contributed by atoms with van der Waals surface area (Å²) in [5.74, 6) is 0.300. The van der Waals surface area contributed by atoms with Crippen molar-refractivity contribution in [3.05, 3.63) is 22.4 Å². The number of nitrogens with one attached hydrogen (secondary N) is 1. The number of amides is 2. The number of carbonyl (C=O) groups is 1. The summed E-state index contributed by atoms with van der Waals surface area (Å²) in [5, 5.41) is 15.4. The van der Waals surface area contributed by atoms with E-state index in [0.29, 0.717) is 45.1 Å². The normalized spacial score (nSPS) is 19.0. The largest absolute Gasteiger partial charge is 0.388 e.